The van der Waals surface area contributed by atoms with Crippen molar-refractivity contribution in [3.05, 3.63) is 47.2 Å². The number of ether oxygens (including phenoxy) is 1. The fourth-order valence-corrected chi connectivity index (χ4v) is 3.34. The Morgan fingerprint density at radius 2 is 1.80 bits per heavy atom. The average Bonchev–Trinajstić information content (AvgIpc) is 3.25. The Hall–Kier alpha value is -3.19. The lowest BCUT2D eigenvalue weighted by Crippen LogP contribution is -2.17. The molecule has 0 aliphatic rings. The van der Waals surface area contributed by atoms with Crippen LogP contribution in [0.3, 0.4) is 0 Å². The second-order valence-electron chi connectivity index (χ2n) is 7.81. The monoisotopic (exact) mass is 503 g/mol. The van der Waals surface area contributed by atoms with Crippen molar-refractivity contribution in [3.8, 4) is 17.0 Å². The van der Waals surface area contributed by atoms with Gasteiger partial charge in [0.15, 0.2) is 0 Å². The fourth-order valence-electron chi connectivity index (χ4n) is 3.12. The molecule has 0 aliphatic carbocycles. The number of aromatic nitrogens is 2. The molecule has 7 nitrogen and oxygen atoms in total. The number of hydrogen-bond donors (Lipinski definition) is 1. The molecule has 3 rings (SSSR count). The van der Waals surface area contributed by atoms with Crippen LogP contribution in [-0.2, 0) is 9.59 Å². The maximum atomic E-state index is 12.0. The van der Waals surface area contributed by atoms with Crippen LogP contribution in [0, 0.1) is 5.92 Å². The van der Waals surface area contributed by atoms with Gasteiger partial charge in [-0.1, -0.05) is 45.4 Å². The summed E-state index contributed by atoms with van der Waals surface area (Å²) in [6.07, 6.45) is 4.62. The normalized spacial score (nSPS) is 9.80. The van der Waals surface area contributed by atoms with Gasteiger partial charge in [0.2, 0.25) is 5.88 Å². The minimum absolute atomic E-state index is 0.101. The van der Waals surface area contributed by atoms with Crippen LogP contribution in [0.2, 0.25) is 5.02 Å². The Labute approximate surface area is 213 Å². The van der Waals surface area contributed by atoms with Gasteiger partial charge in [-0.3, -0.25) is 4.79 Å². The van der Waals surface area contributed by atoms with Crippen molar-refractivity contribution in [1.29, 1.82) is 0 Å². The van der Waals surface area contributed by atoms with Crippen molar-refractivity contribution in [2.24, 2.45) is 5.92 Å². The van der Waals surface area contributed by atoms with Crippen LogP contribution < -0.4 is 10.1 Å². The zero-order valence-electron chi connectivity index (χ0n) is 22.0. The summed E-state index contributed by atoms with van der Waals surface area (Å²) in [4.78, 5) is 33.3. The van der Waals surface area contributed by atoms with Gasteiger partial charge in [0.05, 0.1) is 6.61 Å². The van der Waals surface area contributed by atoms with Gasteiger partial charge >= 0.3 is 0 Å². The number of pyridine rings is 1. The van der Waals surface area contributed by atoms with Gasteiger partial charge in [-0.25, -0.2) is 4.98 Å². The molecule has 0 aliphatic heterocycles. The topological polar surface area (TPSA) is 90.3 Å². The van der Waals surface area contributed by atoms with Crippen molar-refractivity contribution < 1.29 is 19.1 Å². The van der Waals surface area contributed by atoms with Crippen LogP contribution in [0.4, 0.5) is 0 Å². The van der Waals surface area contributed by atoms with E-state index in [2.05, 4.69) is 48.8 Å². The summed E-state index contributed by atoms with van der Waals surface area (Å²) < 4.78 is 7.84. The number of hydrogen-bond acceptors (Lipinski definition) is 5. The van der Waals surface area contributed by atoms with Gasteiger partial charge in [0, 0.05) is 53.1 Å². The number of nitrogens with zero attached hydrogens (tertiary/aromatic N) is 2. The van der Waals surface area contributed by atoms with Crippen molar-refractivity contribution in [2.45, 2.75) is 54.5 Å². The minimum atomic E-state index is -0.101. The van der Waals surface area contributed by atoms with Gasteiger partial charge in [-0.2, -0.15) is 0 Å². The van der Waals surface area contributed by atoms with Gasteiger partial charge in [0.25, 0.3) is 5.91 Å². The smallest absolute Gasteiger partial charge is 0.251 e. The summed E-state index contributed by atoms with van der Waals surface area (Å²) in [6, 6.07) is 7.87. The number of rotatable bonds is 6. The van der Waals surface area contributed by atoms with E-state index in [1.54, 1.807) is 13.2 Å². The molecule has 2 aromatic heterocycles. The Kier molecular flexibility index (Phi) is 14.9. The predicted octanol–water partition coefficient (Wildman–Crippen LogP) is 6.38. The van der Waals surface area contributed by atoms with E-state index in [0.717, 1.165) is 28.3 Å². The largest absolute Gasteiger partial charge is 0.476 e. The molecule has 35 heavy (non-hydrogen) atoms. The van der Waals surface area contributed by atoms with Gasteiger partial charge in [0.1, 0.15) is 18.1 Å². The number of fused-ring (bicyclic) bond motifs is 1. The molecule has 1 aromatic carbocycles. The molecule has 0 spiro atoms. The Morgan fingerprint density at radius 1 is 1.20 bits per heavy atom. The van der Waals surface area contributed by atoms with Gasteiger partial charge in [-0.05, 0) is 44.9 Å². The number of carbonyl (C=O) groups is 3. The highest BCUT2D eigenvalue weighted by atomic mass is 35.5. The number of carbonyl (C=O) groups excluding carboxylic acids is 3. The summed E-state index contributed by atoms with van der Waals surface area (Å²) in [5, 5.41) is 4.22. The molecule has 0 saturated carbocycles. The molecule has 1 amide bonds. The van der Waals surface area contributed by atoms with Crippen LogP contribution in [0.5, 0.6) is 5.88 Å². The molecule has 0 unspecified atom stereocenters. The van der Waals surface area contributed by atoms with Crippen molar-refractivity contribution in [2.75, 3.05) is 13.7 Å². The summed E-state index contributed by atoms with van der Waals surface area (Å²) in [6.45, 7) is 16.4. The van der Waals surface area contributed by atoms with E-state index in [4.69, 9.17) is 25.9 Å². The lowest BCUT2D eigenvalue weighted by Gasteiger charge is -2.10. The molecular formula is C27H38ClN3O4. The molecule has 192 valence electrons. The number of aldehydes is 1. The highest BCUT2D eigenvalue weighted by molar-refractivity contribution is 6.32. The molecule has 0 radical (unpaired) electrons. The van der Waals surface area contributed by atoms with Crippen LogP contribution >= 0.6 is 11.6 Å². The van der Waals surface area contributed by atoms with E-state index in [9.17, 15) is 4.79 Å². The Balaban J connectivity index is 0.00000150. The SMILES string of the molecule is C=O.CC.CC=O.CNC(=O)c1ccc2c(-c3cnc(OCC(C)C)c(Cl)c3)cn(C(C)C)c2c1. The lowest BCUT2D eigenvalue weighted by molar-refractivity contribution is -0.106. The first-order chi connectivity index (χ1) is 16.7. The van der Waals surface area contributed by atoms with E-state index in [-0.39, 0.29) is 11.9 Å². The average molecular weight is 504 g/mol. The molecule has 0 saturated heterocycles. The van der Waals surface area contributed by atoms with Crippen LogP contribution in [0.1, 0.15) is 64.9 Å². The second kappa shape index (κ2) is 16.4. The third-order valence-electron chi connectivity index (χ3n) is 4.55. The first-order valence-corrected chi connectivity index (χ1v) is 11.9. The zero-order chi connectivity index (χ0) is 27.1. The maximum absolute atomic E-state index is 12.0. The third-order valence-corrected chi connectivity index (χ3v) is 4.82. The first kappa shape index (κ1) is 31.8. The van der Waals surface area contributed by atoms with E-state index in [0.29, 0.717) is 29.0 Å². The van der Waals surface area contributed by atoms with Gasteiger partial charge < -0.3 is 24.2 Å². The second-order valence-corrected chi connectivity index (χ2v) is 8.21. The Morgan fingerprint density at radius 3 is 2.29 bits per heavy atom. The van der Waals surface area contributed by atoms with Crippen molar-refractivity contribution >= 4 is 41.5 Å². The number of halogens is 1. The number of amides is 1. The fraction of sp³-hybridized carbons (Fsp3) is 0.407. The summed E-state index contributed by atoms with van der Waals surface area (Å²) in [7, 11) is 1.63. The summed E-state index contributed by atoms with van der Waals surface area (Å²) >= 11 is 6.42. The van der Waals surface area contributed by atoms with Crippen LogP contribution in [0.15, 0.2) is 36.7 Å². The molecule has 1 N–H and O–H groups in total. The predicted molar refractivity (Wildman–Crippen MR) is 144 cm³/mol. The Bertz CT molecular complexity index is 1080. The highest BCUT2D eigenvalue weighted by Gasteiger charge is 2.16. The minimum Gasteiger partial charge on any atom is -0.476 e. The molecule has 0 atom stereocenters. The highest BCUT2D eigenvalue weighted by Crippen LogP contribution is 2.35. The standard InChI is InChI=1S/C22H26ClN3O2.C2H4O.C2H6.CH2O/c1-13(2)12-28-22-19(23)8-16(10-25-22)18-11-26(14(3)4)20-9-15(21(27)24-5)6-7-17(18)20;1-2-3;2*1-2/h6-11,13-14H,12H2,1-5H3,(H,24,27);2H,1H3;1-2H3;1H2. The van der Waals surface area contributed by atoms with E-state index in [1.807, 2.05) is 44.9 Å². The first-order valence-electron chi connectivity index (χ1n) is 11.6. The molecule has 2 heterocycles. The van der Waals surface area contributed by atoms with E-state index < -0.39 is 0 Å². The molecule has 0 bridgehead atoms. The number of nitrogens with one attached hydrogen (secondary N) is 1. The van der Waals surface area contributed by atoms with E-state index in [1.165, 1.54) is 6.92 Å². The summed E-state index contributed by atoms with van der Waals surface area (Å²) in [5.74, 6) is 0.751. The molecular weight excluding hydrogens is 466 g/mol. The van der Waals surface area contributed by atoms with E-state index >= 15 is 0 Å². The van der Waals surface area contributed by atoms with Crippen molar-refractivity contribution in [3.63, 3.8) is 0 Å². The van der Waals surface area contributed by atoms with Gasteiger partial charge in [-0.15, -0.1) is 0 Å². The van der Waals surface area contributed by atoms with Crippen LogP contribution in [0.25, 0.3) is 22.0 Å². The molecule has 0 fully saturated rings. The zero-order valence-corrected chi connectivity index (χ0v) is 22.8. The van der Waals surface area contributed by atoms with Crippen molar-refractivity contribution in [1.82, 2.24) is 14.9 Å². The third kappa shape index (κ3) is 8.83. The maximum Gasteiger partial charge on any atom is 0.251 e. The number of benzene rings is 1. The summed E-state index contributed by atoms with van der Waals surface area (Å²) in [5.41, 5.74) is 3.58. The lowest BCUT2D eigenvalue weighted by atomic mass is 10.0. The van der Waals surface area contributed by atoms with Crippen LogP contribution in [-0.4, -0.2) is 42.2 Å². The molecule has 8 heteroatoms. The molecule has 3 aromatic rings. The quantitative estimate of drug-likeness (QED) is 0.394.